The van der Waals surface area contributed by atoms with E-state index in [1.54, 1.807) is 49.6 Å². The fourth-order valence-corrected chi connectivity index (χ4v) is 3.75. The third-order valence-electron chi connectivity index (χ3n) is 5.30. The lowest BCUT2D eigenvalue weighted by atomic mass is 9.95. The second kappa shape index (κ2) is 9.66. The lowest BCUT2D eigenvalue weighted by Crippen LogP contribution is -2.32. The molecule has 1 amide bonds. The summed E-state index contributed by atoms with van der Waals surface area (Å²) < 4.78 is 10.6. The molecule has 0 aliphatic carbocycles. The Bertz CT molecular complexity index is 999. The molecule has 0 unspecified atom stereocenters. The van der Waals surface area contributed by atoms with Crippen LogP contribution in [0.1, 0.15) is 23.6 Å². The summed E-state index contributed by atoms with van der Waals surface area (Å²) in [7, 11) is 7.00. The highest BCUT2D eigenvalue weighted by Gasteiger charge is 2.45. The van der Waals surface area contributed by atoms with E-state index in [4.69, 9.17) is 9.47 Å². The normalized spacial score (nSPS) is 18.0. The number of likely N-dealkylation sites (tertiary alicyclic amines) is 1. The lowest BCUT2D eigenvalue weighted by Gasteiger charge is -2.26. The Morgan fingerprint density at radius 1 is 1.03 bits per heavy atom. The van der Waals surface area contributed by atoms with Gasteiger partial charge in [-0.3, -0.25) is 9.59 Å². The van der Waals surface area contributed by atoms with Crippen LogP contribution in [0.5, 0.6) is 11.5 Å². The van der Waals surface area contributed by atoms with E-state index < -0.39 is 17.7 Å². The number of aliphatic hydroxyl groups excluding tert-OH is 1. The van der Waals surface area contributed by atoms with Crippen molar-refractivity contribution in [1.82, 2.24) is 9.80 Å². The molecule has 1 aliphatic rings. The van der Waals surface area contributed by atoms with Crippen molar-refractivity contribution in [2.45, 2.75) is 12.5 Å². The summed E-state index contributed by atoms with van der Waals surface area (Å²) in [6.07, 6.45) is 0.694. The number of rotatable bonds is 8. The standard InChI is InChI=1S/C24H28N2O5/c1-25(2)12-7-13-26-21(16-8-5-10-18(14-16)30-3)20(23(28)24(26)29)22(27)17-9-6-11-19(15-17)31-4/h5-6,8-11,14-15,21,27H,7,12-13H2,1-4H3/t21-/m0/s1. The molecule has 1 aliphatic heterocycles. The predicted molar refractivity (Wildman–Crippen MR) is 118 cm³/mol. The van der Waals surface area contributed by atoms with Crippen LogP contribution in [0.2, 0.25) is 0 Å². The van der Waals surface area contributed by atoms with Gasteiger partial charge in [-0.05, 0) is 56.9 Å². The van der Waals surface area contributed by atoms with Crippen LogP contribution >= 0.6 is 0 Å². The average molecular weight is 424 g/mol. The Balaban J connectivity index is 2.12. The number of carbonyl (C=O) groups excluding carboxylic acids is 2. The molecular formula is C24H28N2O5. The van der Waals surface area contributed by atoms with Crippen molar-refractivity contribution < 1.29 is 24.2 Å². The van der Waals surface area contributed by atoms with Crippen LogP contribution in [0.4, 0.5) is 0 Å². The van der Waals surface area contributed by atoms with Gasteiger partial charge in [0.05, 0.1) is 25.8 Å². The summed E-state index contributed by atoms with van der Waals surface area (Å²) in [5, 5.41) is 11.1. The van der Waals surface area contributed by atoms with Crippen LogP contribution in [0.3, 0.4) is 0 Å². The molecule has 164 valence electrons. The number of hydrogen-bond acceptors (Lipinski definition) is 6. The number of ether oxygens (including phenoxy) is 2. The maximum Gasteiger partial charge on any atom is 0.295 e. The first kappa shape index (κ1) is 22.4. The van der Waals surface area contributed by atoms with Crippen LogP contribution in [0.25, 0.3) is 5.76 Å². The molecular weight excluding hydrogens is 396 g/mol. The van der Waals surface area contributed by atoms with Gasteiger partial charge in [-0.25, -0.2) is 0 Å². The van der Waals surface area contributed by atoms with Crippen molar-refractivity contribution in [2.75, 3.05) is 41.4 Å². The molecule has 2 aromatic carbocycles. The zero-order valence-corrected chi connectivity index (χ0v) is 18.3. The van der Waals surface area contributed by atoms with Gasteiger partial charge in [-0.2, -0.15) is 0 Å². The van der Waals surface area contributed by atoms with E-state index in [0.717, 1.165) is 6.54 Å². The molecule has 1 fully saturated rings. The number of amides is 1. The Morgan fingerprint density at radius 3 is 2.32 bits per heavy atom. The van der Waals surface area contributed by atoms with Crippen molar-refractivity contribution in [3.8, 4) is 11.5 Å². The molecule has 7 heteroatoms. The molecule has 1 heterocycles. The quantitative estimate of drug-likeness (QED) is 0.399. The van der Waals surface area contributed by atoms with E-state index in [2.05, 4.69) is 0 Å². The molecule has 3 rings (SSSR count). The van der Waals surface area contributed by atoms with Crippen LogP contribution in [-0.4, -0.2) is 68.0 Å². The largest absolute Gasteiger partial charge is 0.507 e. The van der Waals surface area contributed by atoms with Gasteiger partial charge >= 0.3 is 0 Å². The van der Waals surface area contributed by atoms with Gasteiger partial charge in [0.15, 0.2) is 0 Å². The van der Waals surface area contributed by atoms with E-state index >= 15 is 0 Å². The van der Waals surface area contributed by atoms with Gasteiger partial charge < -0.3 is 24.4 Å². The molecule has 0 aromatic heterocycles. The second-order valence-electron chi connectivity index (χ2n) is 7.66. The Kier molecular flexibility index (Phi) is 6.97. The summed E-state index contributed by atoms with van der Waals surface area (Å²) in [5.74, 6) is -0.380. The zero-order valence-electron chi connectivity index (χ0n) is 18.3. The van der Waals surface area contributed by atoms with Crippen LogP contribution in [-0.2, 0) is 9.59 Å². The molecule has 2 aromatic rings. The molecule has 7 nitrogen and oxygen atoms in total. The van der Waals surface area contributed by atoms with Crippen molar-refractivity contribution in [2.24, 2.45) is 0 Å². The third kappa shape index (κ3) is 4.72. The predicted octanol–water partition coefficient (Wildman–Crippen LogP) is 3.08. The van der Waals surface area contributed by atoms with Gasteiger partial charge in [0.1, 0.15) is 17.3 Å². The van der Waals surface area contributed by atoms with Crippen molar-refractivity contribution in [3.63, 3.8) is 0 Å². The van der Waals surface area contributed by atoms with Crippen molar-refractivity contribution >= 4 is 17.4 Å². The lowest BCUT2D eigenvalue weighted by molar-refractivity contribution is -0.139. The van der Waals surface area contributed by atoms with Gasteiger partial charge in [0, 0.05) is 12.1 Å². The third-order valence-corrected chi connectivity index (χ3v) is 5.30. The molecule has 1 atom stereocenters. The second-order valence-corrected chi connectivity index (χ2v) is 7.66. The van der Waals surface area contributed by atoms with Crippen molar-refractivity contribution in [1.29, 1.82) is 0 Å². The van der Waals surface area contributed by atoms with Crippen LogP contribution < -0.4 is 9.47 Å². The fraction of sp³-hybridized carbons (Fsp3) is 0.333. The monoisotopic (exact) mass is 424 g/mol. The number of nitrogens with zero attached hydrogens (tertiary/aromatic N) is 2. The number of Topliss-reactive ketones (excluding diaryl/α,β-unsaturated/α-hetero) is 1. The first-order valence-corrected chi connectivity index (χ1v) is 10.1. The average Bonchev–Trinajstić information content (AvgIpc) is 3.03. The van der Waals surface area contributed by atoms with Gasteiger partial charge in [-0.1, -0.05) is 24.3 Å². The zero-order chi connectivity index (χ0) is 22.5. The molecule has 31 heavy (non-hydrogen) atoms. The van der Waals surface area contributed by atoms with E-state index in [1.807, 2.05) is 25.1 Å². The summed E-state index contributed by atoms with van der Waals surface area (Å²) in [6, 6.07) is 13.3. The Labute approximate surface area is 182 Å². The molecule has 0 saturated carbocycles. The summed E-state index contributed by atoms with van der Waals surface area (Å²) >= 11 is 0. The van der Waals surface area contributed by atoms with E-state index in [9.17, 15) is 14.7 Å². The van der Waals surface area contributed by atoms with Crippen LogP contribution in [0, 0.1) is 0 Å². The summed E-state index contributed by atoms with van der Waals surface area (Å²) in [5.41, 5.74) is 1.18. The maximum atomic E-state index is 13.0. The minimum atomic E-state index is -0.705. The Morgan fingerprint density at radius 2 is 1.68 bits per heavy atom. The number of benzene rings is 2. The molecule has 0 radical (unpaired) electrons. The highest BCUT2D eigenvalue weighted by Crippen LogP contribution is 2.40. The van der Waals surface area contributed by atoms with E-state index in [1.165, 1.54) is 12.0 Å². The minimum absolute atomic E-state index is 0.0661. The molecule has 0 spiro atoms. The van der Waals surface area contributed by atoms with E-state index in [0.29, 0.717) is 35.6 Å². The van der Waals surface area contributed by atoms with E-state index in [-0.39, 0.29) is 11.3 Å². The smallest absolute Gasteiger partial charge is 0.295 e. The SMILES string of the molecule is COc1cccc(C(O)=C2C(=O)C(=O)N(CCCN(C)C)[C@H]2c2cccc(OC)c2)c1. The molecule has 1 N–H and O–H groups in total. The first-order chi connectivity index (χ1) is 14.9. The topological polar surface area (TPSA) is 79.3 Å². The first-order valence-electron chi connectivity index (χ1n) is 10.1. The van der Waals surface area contributed by atoms with Crippen LogP contribution in [0.15, 0.2) is 54.1 Å². The summed E-state index contributed by atoms with van der Waals surface area (Å²) in [6.45, 7) is 1.16. The molecule has 0 bridgehead atoms. The minimum Gasteiger partial charge on any atom is -0.507 e. The number of methoxy groups -OCH3 is 2. The van der Waals surface area contributed by atoms with Gasteiger partial charge in [0.25, 0.3) is 11.7 Å². The van der Waals surface area contributed by atoms with Gasteiger partial charge in [0.2, 0.25) is 0 Å². The van der Waals surface area contributed by atoms with Gasteiger partial charge in [-0.15, -0.1) is 0 Å². The summed E-state index contributed by atoms with van der Waals surface area (Å²) in [4.78, 5) is 29.5. The number of carbonyl (C=O) groups is 2. The maximum absolute atomic E-state index is 13.0. The Hall–Kier alpha value is -3.32. The molecule has 1 saturated heterocycles. The number of aliphatic hydroxyl groups is 1. The number of hydrogen-bond donors (Lipinski definition) is 1. The number of ketones is 1. The highest BCUT2D eigenvalue weighted by atomic mass is 16.5. The fourth-order valence-electron chi connectivity index (χ4n) is 3.75. The van der Waals surface area contributed by atoms with Crippen molar-refractivity contribution in [3.05, 3.63) is 65.2 Å². The highest BCUT2D eigenvalue weighted by molar-refractivity contribution is 6.46.